The molecule has 25 heavy (non-hydrogen) atoms. The van der Waals surface area contributed by atoms with E-state index in [0.717, 1.165) is 18.4 Å². The summed E-state index contributed by atoms with van der Waals surface area (Å²) < 4.78 is 0.408. The normalized spacial score (nSPS) is 34.7. The molecule has 0 radical (unpaired) electrons. The molecule has 0 spiro atoms. The van der Waals surface area contributed by atoms with E-state index in [9.17, 15) is 5.11 Å². The van der Waals surface area contributed by atoms with E-state index in [2.05, 4.69) is 60.5 Å². The van der Waals surface area contributed by atoms with Gasteiger partial charge in [0.25, 0.3) is 0 Å². The molecular formula is C20H38ClIN2O. The van der Waals surface area contributed by atoms with E-state index in [1.165, 1.54) is 38.6 Å². The van der Waals surface area contributed by atoms with E-state index in [-0.39, 0.29) is 0 Å². The summed E-state index contributed by atoms with van der Waals surface area (Å²) in [5.41, 5.74) is 0.345. The standard InChI is InChI=1S/C20H38ClIN2O/c1-13(2)18(23-14(3)25)19(22)24-11-10-17(20(4,5)12-24)15-6-8-16(21)9-7-15/h13-19,23,25H,6-12H2,1-5H3/t14?,15?,16?,17?,18-,19+/m1/s1. The maximum Gasteiger partial charge on any atom is 0.102 e. The van der Waals surface area contributed by atoms with Gasteiger partial charge in [0.15, 0.2) is 0 Å². The monoisotopic (exact) mass is 484 g/mol. The molecule has 1 saturated heterocycles. The molecule has 2 rings (SSSR count). The number of piperidine rings is 1. The molecule has 2 fully saturated rings. The third-order valence-corrected chi connectivity index (χ3v) is 8.41. The van der Waals surface area contributed by atoms with Gasteiger partial charge in [0, 0.05) is 18.0 Å². The van der Waals surface area contributed by atoms with Crippen LogP contribution in [0.3, 0.4) is 0 Å². The van der Waals surface area contributed by atoms with E-state index < -0.39 is 6.23 Å². The highest BCUT2D eigenvalue weighted by molar-refractivity contribution is 14.1. The Labute approximate surface area is 173 Å². The minimum Gasteiger partial charge on any atom is -0.379 e. The van der Waals surface area contributed by atoms with Crippen molar-refractivity contribution in [3.05, 3.63) is 0 Å². The van der Waals surface area contributed by atoms with Crippen LogP contribution in [0, 0.1) is 23.2 Å². The van der Waals surface area contributed by atoms with Crippen molar-refractivity contribution in [2.45, 2.75) is 88.4 Å². The minimum atomic E-state index is -0.457. The van der Waals surface area contributed by atoms with E-state index in [1.807, 2.05) is 6.92 Å². The van der Waals surface area contributed by atoms with Crippen LogP contribution in [0.5, 0.6) is 0 Å². The zero-order valence-corrected chi connectivity index (χ0v) is 19.6. The fourth-order valence-electron chi connectivity index (χ4n) is 5.08. The molecule has 0 aromatic heterocycles. The Morgan fingerprint density at radius 1 is 1.12 bits per heavy atom. The quantitative estimate of drug-likeness (QED) is 0.245. The number of aliphatic hydroxyl groups excluding tert-OH is 1. The van der Waals surface area contributed by atoms with Gasteiger partial charge < -0.3 is 5.11 Å². The molecule has 5 heteroatoms. The molecule has 2 aliphatic rings. The van der Waals surface area contributed by atoms with Crippen LogP contribution in [0.15, 0.2) is 0 Å². The van der Waals surface area contributed by atoms with Crippen LogP contribution >= 0.6 is 34.2 Å². The van der Waals surface area contributed by atoms with E-state index in [0.29, 0.717) is 26.8 Å². The molecular weight excluding hydrogens is 447 g/mol. The number of alkyl halides is 2. The summed E-state index contributed by atoms with van der Waals surface area (Å²) in [6.45, 7) is 13.6. The van der Waals surface area contributed by atoms with Crippen LogP contribution in [-0.2, 0) is 0 Å². The fourth-order valence-corrected chi connectivity index (χ4v) is 6.84. The van der Waals surface area contributed by atoms with Gasteiger partial charge in [-0.15, -0.1) is 11.6 Å². The van der Waals surface area contributed by atoms with Gasteiger partial charge in [-0.1, -0.05) is 50.3 Å². The van der Waals surface area contributed by atoms with Gasteiger partial charge in [-0.25, -0.2) is 0 Å². The summed E-state index contributed by atoms with van der Waals surface area (Å²) in [6.07, 6.45) is 5.86. The van der Waals surface area contributed by atoms with Gasteiger partial charge in [0.1, 0.15) is 6.23 Å². The van der Waals surface area contributed by atoms with Crippen molar-refractivity contribution in [1.29, 1.82) is 0 Å². The Kier molecular flexibility index (Phi) is 8.34. The molecule has 1 aliphatic heterocycles. The Morgan fingerprint density at radius 2 is 1.72 bits per heavy atom. The van der Waals surface area contributed by atoms with Crippen molar-refractivity contribution in [1.82, 2.24) is 10.2 Å². The summed E-state index contributed by atoms with van der Waals surface area (Å²) in [5.74, 6) is 2.17. The van der Waals surface area contributed by atoms with Crippen LogP contribution in [-0.4, -0.2) is 44.8 Å². The number of nitrogens with zero attached hydrogens (tertiary/aromatic N) is 1. The second-order valence-electron chi connectivity index (χ2n) is 9.35. The first-order valence-corrected chi connectivity index (χ1v) is 11.8. The first kappa shape index (κ1) is 22.2. The largest absolute Gasteiger partial charge is 0.379 e. The summed E-state index contributed by atoms with van der Waals surface area (Å²) in [6, 6.07) is 0.305. The lowest BCUT2D eigenvalue weighted by molar-refractivity contribution is -0.00273. The van der Waals surface area contributed by atoms with Crippen molar-refractivity contribution in [3.8, 4) is 0 Å². The number of hydrogen-bond acceptors (Lipinski definition) is 3. The van der Waals surface area contributed by atoms with Gasteiger partial charge in [-0.2, -0.15) is 0 Å². The van der Waals surface area contributed by atoms with E-state index in [1.54, 1.807) is 0 Å². The SMILES string of the molecule is CC(O)N[C@H](C(C)C)[C@@H](I)N1CCC(C2CCC(Cl)CC2)C(C)(C)C1. The predicted molar refractivity (Wildman–Crippen MR) is 116 cm³/mol. The van der Waals surface area contributed by atoms with Crippen LogP contribution in [0.4, 0.5) is 0 Å². The van der Waals surface area contributed by atoms with Gasteiger partial charge in [0.2, 0.25) is 0 Å². The number of hydrogen-bond donors (Lipinski definition) is 2. The molecule has 2 unspecified atom stereocenters. The molecule has 1 heterocycles. The lowest BCUT2D eigenvalue weighted by Gasteiger charge is -2.51. The highest BCUT2D eigenvalue weighted by atomic mass is 127. The maximum atomic E-state index is 9.81. The molecule has 0 amide bonds. The summed E-state index contributed by atoms with van der Waals surface area (Å²) in [7, 11) is 0. The lowest BCUT2D eigenvalue weighted by Crippen LogP contribution is -2.57. The maximum absolute atomic E-state index is 9.81. The molecule has 1 aliphatic carbocycles. The molecule has 3 nitrogen and oxygen atoms in total. The topological polar surface area (TPSA) is 35.5 Å². The van der Waals surface area contributed by atoms with Crippen molar-refractivity contribution in [3.63, 3.8) is 0 Å². The molecule has 0 aromatic rings. The van der Waals surface area contributed by atoms with Crippen molar-refractivity contribution in [2.24, 2.45) is 23.2 Å². The minimum absolute atomic E-state index is 0.305. The number of rotatable bonds is 6. The Balaban J connectivity index is 2.00. The second kappa shape index (κ2) is 9.40. The van der Waals surface area contributed by atoms with Crippen LogP contribution < -0.4 is 5.32 Å². The van der Waals surface area contributed by atoms with Gasteiger partial charge in [-0.3, -0.25) is 10.2 Å². The average Bonchev–Trinajstić information content (AvgIpc) is 2.51. The molecule has 148 valence electrons. The predicted octanol–water partition coefficient (Wildman–Crippen LogP) is 4.85. The Bertz CT molecular complexity index is 411. The molecule has 0 bridgehead atoms. The highest BCUT2D eigenvalue weighted by Crippen LogP contribution is 2.46. The van der Waals surface area contributed by atoms with Gasteiger partial charge in [0.05, 0.1) is 4.05 Å². The zero-order valence-electron chi connectivity index (χ0n) is 16.6. The van der Waals surface area contributed by atoms with Crippen molar-refractivity contribution in [2.75, 3.05) is 13.1 Å². The second-order valence-corrected chi connectivity index (χ2v) is 11.2. The third-order valence-electron chi connectivity index (χ3n) is 6.41. The lowest BCUT2D eigenvalue weighted by atomic mass is 9.64. The van der Waals surface area contributed by atoms with Gasteiger partial charge in [-0.05, 0) is 68.7 Å². The molecule has 1 saturated carbocycles. The zero-order chi connectivity index (χ0) is 18.8. The Morgan fingerprint density at radius 3 is 2.20 bits per heavy atom. The van der Waals surface area contributed by atoms with Crippen LogP contribution in [0.2, 0.25) is 0 Å². The van der Waals surface area contributed by atoms with E-state index >= 15 is 0 Å². The molecule has 4 atom stereocenters. The molecule has 2 N–H and O–H groups in total. The number of nitrogens with one attached hydrogen (secondary N) is 1. The number of likely N-dealkylation sites (tertiary alicyclic amines) is 1. The van der Waals surface area contributed by atoms with Gasteiger partial charge >= 0.3 is 0 Å². The van der Waals surface area contributed by atoms with E-state index in [4.69, 9.17) is 11.6 Å². The summed E-state index contributed by atoms with van der Waals surface area (Å²) in [5, 5.41) is 13.6. The molecule has 0 aromatic carbocycles. The smallest absolute Gasteiger partial charge is 0.102 e. The van der Waals surface area contributed by atoms with Crippen molar-refractivity contribution < 1.29 is 5.11 Å². The summed E-state index contributed by atoms with van der Waals surface area (Å²) >= 11 is 8.91. The fraction of sp³-hybridized carbons (Fsp3) is 1.00. The number of aliphatic hydroxyl groups is 1. The van der Waals surface area contributed by atoms with Crippen molar-refractivity contribution >= 4 is 34.2 Å². The first-order chi connectivity index (χ1) is 11.6. The van der Waals surface area contributed by atoms with Crippen LogP contribution in [0.1, 0.15) is 66.7 Å². The highest BCUT2D eigenvalue weighted by Gasteiger charge is 2.43. The first-order valence-electron chi connectivity index (χ1n) is 10.1. The third kappa shape index (κ3) is 5.94. The number of halogens is 2. The van der Waals surface area contributed by atoms with Crippen LogP contribution in [0.25, 0.3) is 0 Å². The summed E-state index contributed by atoms with van der Waals surface area (Å²) in [4.78, 5) is 2.64. The average molecular weight is 485 g/mol. The Hall–Kier alpha value is 0.900.